The van der Waals surface area contributed by atoms with Crippen LogP contribution in [-0.2, 0) is 6.42 Å². The molecule has 96 valence electrons. The molecule has 0 aliphatic heterocycles. The fraction of sp³-hybridized carbons (Fsp3) is 0.571. The minimum atomic E-state index is -0.493. The Kier molecular flexibility index (Phi) is 5.56. The van der Waals surface area contributed by atoms with Crippen molar-refractivity contribution in [2.24, 2.45) is 11.8 Å². The summed E-state index contributed by atoms with van der Waals surface area (Å²) in [6.07, 6.45) is 1.77. The highest BCUT2D eigenvalue weighted by Gasteiger charge is 2.12. The zero-order valence-corrected chi connectivity index (χ0v) is 10.8. The fourth-order valence-electron chi connectivity index (χ4n) is 2.26. The van der Waals surface area contributed by atoms with Crippen molar-refractivity contribution in [3.63, 3.8) is 0 Å². The highest BCUT2D eigenvalue weighted by molar-refractivity contribution is 5.18. The van der Waals surface area contributed by atoms with Gasteiger partial charge >= 0.3 is 0 Å². The first kappa shape index (κ1) is 14.1. The van der Waals surface area contributed by atoms with Crippen molar-refractivity contribution in [3.05, 3.63) is 35.4 Å². The molecule has 3 heteroatoms. The van der Waals surface area contributed by atoms with Crippen LogP contribution in [0.3, 0.4) is 0 Å². The molecule has 0 aromatic heterocycles. The second-order valence-electron chi connectivity index (χ2n) is 5.04. The third-order valence-electron chi connectivity index (χ3n) is 2.74. The van der Waals surface area contributed by atoms with Crippen LogP contribution in [0.4, 0.5) is 8.78 Å². The van der Waals surface area contributed by atoms with Crippen molar-refractivity contribution in [1.29, 1.82) is 0 Å². The van der Waals surface area contributed by atoms with Crippen LogP contribution in [-0.4, -0.2) is 13.6 Å². The van der Waals surface area contributed by atoms with E-state index in [1.54, 1.807) is 0 Å². The summed E-state index contributed by atoms with van der Waals surface area (Å²) in [6, 6.07) is 3.76. The van der Waals surface area contributed by atoms with Crippen LogP contribution in [0.2, 0.25) is 0 Å². The Balaban J connectivity index is 2.70. The molecule has 1 N–H and O–H groups in total. The Hall–Kier alpha value is -0.960. The zero-order chi connectivity index (χ0) is 12.8. The highest BCUT2D eigenvalue weighted by atomic mass is 19.1. The second-order valence-corrected chi connectivity index (χ2v) is 5.04. The van der Waals surface area contributed by atoms with Gasteiger partial charge < -0.3 is 5.32 Å². The molecule has 0 spiro atoms. The maximum Gasteiger partial charge on any atom is 0.126 e. The van der Waals surface area contributed by atoms with Gasteiger partial charge in [0.1, 0.15) is 11.6 Å². The van der Waals surface area contributed by atoms with Gasteiger partial charge in [-0.15, -0.1) is 0 Å². The smallest absolute Gasteiger partial charge is 0.126 e. The van der Waals surface area contributed by atoms with Gasteiger partial charge in [0.25, 0.3) is 0 Å². The summed E-state index contributed by atoms with van der Waals surface area (Å²) in [5.41, 5.74) is 0.739. The van der Waals surface area contributed by atoms with E-state index in [1.165, 1.54) is 12.1 Å². The number of halogens is 2. The quantitative estimate of drug-likeness (QED) is 0.805. The Labute approximate surface area is 102 Å². The van der Waals surface area contributed by atoms with Crippen molar-refractivity contribution in [2.75, 3.05) is 13.6 Å². The molecule has 0 saturated carbocycles. The van der Waals surface area contributed by atoms with Crippen LogP contribution in [0.25, 0.3) is 0 Å². The van der Waals surface area contributed by atoms with Gasteiger partial charge in [-0.1, -0.05) is 13.8 Å². The van der Waals surface area contributed by atoms with E-state index in [2.05, 4.69) is 19.2 Å². The van der Waals surface area contributed by atoms with Crippen LogP contribution < -0.4 is 5.32 Å². The monoisotopic (exact) mass is 241 g/mol. The standard InChI is InChI=1S/C14H21F2N/c1-10(2)4-12(9-17-3)5-11-6-13(15)8-14(16)7-11/h6-8,10,12,17H,4-5,9H2,1-3H3. The maximum atomic E-state index is 13.1. The molecule has 0 fully saturated rings. The Bertz CT molecular complexity index is 330. The first-order chi connectivity index (χ1) is 8.01. The van der Waals surface area contributed by atoms with Crippen molar-refractivity contribution < 1.29 is 8.78 Å². The Morgan fingerprint density at radius 2 is 1.71 bits per heavy atom. The van der Waals surface area contributed by atoms with Crippen LogP contribution >= 0.6 is 0 Å². The SMILES string of the molecule is CNCC(Cc1cc(F)cc(F)c1)CC(C)C. The van der Waals surface area contributed by atoms with Crippen molar-refractivity contribution in [3.8, 4) is 0 Å². The van der Waals surface area contributed by atoms with E-state index >= 15 is 0 Å². The van der Waals surface area contributed by atoms with Gasteiger partial charge in [0.05, 0.1) is 0 Å². The van der Waals surface area contributed by atoms with Gasteiger partial charge in [-0.25, -0.2) is 8.78 Å². The molecule has 0 heterocycles. The van der Waals surface area contributed by atoms with Gasteiger partial charge in [0.2, 0.25) is 0 Å². The van der Waals surface area contributed by atoms with E-state index in [9.17, 15) is 8.78 Å². The molecule has 1 unspecified atom stereocenters. The van der Waals surface area contributed by atoms with Gasteiger partial charge in [-0.3, -0.25) is 0 Å². The maximum absolute atomic E-state index is 13.1. The summed E-state index contributed by atoms with van der Waals surface area (Å²) in [6.45, 7) is 5.19. The number of hydrogen-bond acceptors (Lipinski definition) is 1. The summed E-state index contributed by atoms with van der Waals surface area (Å²) < 4.78 is 26.1. The Morgan fingerprint density at radius 1 is 1.12 bits per heavy atom. The third kappa shape index (κ3) is 5.26. The lowest BCUT2D eigenvalue weighted by atomic mass is 9.91. The van der Waals surface area contributed by atoms with Crippen LogP contribution in [0, 0.1) is 23.5 Å². The van der Waals surface area contributed by atoms with E-state index in [1.807, 2.05) is 7.05 Å². The van der Waals surface area contributed by atoms with Gasteiger partial charge in [0.15, 0.2) is 0 Å². The van der Waals surface area contributed by atoms with Gasteiger partial charge in [0, 0.05) is 6.07 Å². The lowest BCUT2D eigenvalue weighted by Gasteiger charge is -2.18. The third-order valence-corrected chi connectivity index (χ3v) is 2.74. The van der Waals surface area contributed by atoms with E-state index < -0.39 is 11.6 Å². The lowest BCUT2D eigenvalue weighted by molar-refractivity contribution is 0.394. The summed E-state index contributed by atoms with van der Waals surface area (Å²) in [5, 5.41) is 3.14. The van der Waals surface area contributed by atoms with Gasteiger partial charge in [-0.2, -0.15) is 0 Å². The van der Waals surface area contributed by atoms with Gasteiger partial charge in [-0.05, 0) is 56.0 Å². The molecule has 0 aliphatic rings. The van der Waals surface area contributed by atoms with Crippen molar-refractivity contribution in [1.82, 2.24) is 5.32 Å². The van der Waals surface area contributed by atoms with Crippen molar-refractivity contribution >= 4 is 0 Å². The minimum absolute atomic E-state index is 0.418. The number of hydrogen-bond donors (Lipinski definition) is 1. The molecular weight excluding hydrogens is 220 g/mol. The highest BCUT2D eigenvalue weighted by Crippen LogP contribution is 2.18. The molecule has 0 aliphatic carbocycles. The summed E-state index contributed by atoms with van der Waals surface area (Å²) >= 11 is 0. The summed E-state index contributed by atoms with van der Waals surface area (Å²) in [7, 11) is 1.90. The number of nitrogens with one attached hydrogen (secondary N) is 1. The number of rotatable bonds is 6. The molecule has 0 amide bonds. The molecule has 17 heavy (non-hydrogen) atoms. The molecule has 1 aromatic rings. The minimum Gasteiger partial charge on any atom is -0.319 e. The van der Waals surface area contributed by atoms with E-state index in [0.29, 0.717) is 18.3 Å². The molecule has 1 aromatic carbocycles. The van der Waals surface area contributed by atoms with Crippen LogP contribution in [0.15, 0.2) is 18.2 Å². The topological polar surface area (TPSA) is 12.0 Å². The van der Waals surface area contributed by atoms with Crippen LogP contribution in [0.5, 0.6) is 0 Å². The summed E-state index contributed by atoms with van der Waals surface area (Å²) in [5.74, 6) is 0.0217. The van der Waals surface area contributed by atoms with E-state index in [-0.39, 0.29) is 0 Å². The van der Waals surface area contributed by atoms with E-state index in [4.69, 9.17) is 0 Å². The summed E-state index contributed by atoms with van der Waals surface area (Å²) in [4.78, 5) is 0. The molecule has 0 bridgehead atoms. The molecule has 0 radical (unpaired) electrons. The molecular formula is C14H21F2N. The first-order valence-electron chi connectivity index (χ1n) is 6.10. The molecule has 0 saturated heterocycles. The largest absolute Gasteiger partial charge is 0.319 e. The normalized spacial score (nSPS) is 13.1. The molecule has 1 nitrogen and oxygen atoms in total. The number of benzene rings is 1. The van der Waals surface area contributed by atoms with Crippen molar-refractivity contribution in [2.45, 2.75) is 26.7 Å². The first-order valence-corrected chi connectivity index (χ1v) is 6.10. The van der Waals surface area contributed by atoms with Crippen LogP contribution in [0.1, 0.15) is 25.8 Å². The Morgan fingerprint density at radius 3 is 2.18 bits per heavy atom. The lowest BCUT2D eigenvalue weighted by Crippen LogP contribution is -2.22. The fourth-order valence-corrected chi connectivity index (χ4v) is 2.26. The van der Waals surface area contributed by atoms with E-state index in [0.717, 1.165) is 24.6 Å². The average molecular weight is 241 g/mol. The predicted octanol–water partition coefficient (Wildman–Crippen LogP) is 3.39. The predicted molar refractivity (Wildman–Crippen MR) is 66.9 cm³/mol. The average Bonchev–Trinajstić information content (AvgIpc) is 2.14. The second kappa shape index (κ2) is 6.70. The zero-order valence-electron chi connectivity index (χ0n) is 10.8. The molecule has 1 rings (SSSR count). The molecule has 1 atom stereocenters.